The van der Waals surface area contributed by atoms with E-state index in [0.717, 1.165) is 12.2 Å². The van der Waals surface area contributed by atoms with Crippen LogP contribution in [0.2, 0.25) is 0 Å². The van der Waals surface area contributed by atoms with Crippen LogP contribution < -0.4 is 28.1 Å². The summed E-state index contributed by atoms with van der Waals surface area (Å²) in [6.45, 7) is 6.68. The maximum Gasteiger partial charge on any atom is -1.00 e. The molecule has 1 aromatic rings. The molecule has 0 fully saturated rings. The molecule has 1 nitrogen and oxygen atoms in total. The van der Waals surface area contributed by atoms with E-state index in [1.165, 1.54) is 9.44 Å². The quantitative estimate of drug-likeness (QED) is 0.594. The zero-order chi connectivity index (χ0) is 12.3. The monoisotopic (exact) mass is 332 g/mol. The Balaban J connectivity index is 0.00000162. The molecule has 102 valence electrons. The molecule has 0 spiro atoms. The van der Waals surface area contributed by atoms with Gasteiger partial charge in [-0.2, -0.15) is 0 Å². The number of halogens is 2. The van der Waals surface area contributed by atoms with E-state index < -0.39 is 19.5 Å². The van der Waals surface area contributed by atoms with Gasteiger partial charge >= 0.3 is 113 Å². The minimum absolute atomic E-state index is 0. The fourth-order valence-electron chi connectivity index (χ4n) is 1.82. The summed E-state index contributed by atoms with van der Waals surface area (Å²) in [6, 6.07) is 8.40. The van der Waals surface area contributed by atoms with Gasteiger partial charge in [0.05, 0.1) is 0 Å². The largest absolute Gasteiger partial charge is 1.00 e. The Morgan fingerprint density at radius 2 is 1.79 bits per heavy atom. The van der Waals surface area contributed by atoms with Crippen molar-refractivity contribution < 1.29 is 47.7 Å². The average molecular weight is 333 g/mol. The Morgan fingerprint density at radius 1 is 1.11 bits per heavy atom. The van der Waals surface area contributed by atoms with Gasteiger partial charge in [-0.15, -0.1) is 0 Å². The van der Waals surface area contributed by atoms with Gasteiger partial charge in [0.25, 0.3) is 0 Å². The second kappa shape index (κ2) is 8.16. The predicted octanol–water partition coefficient (Wildman–Crippen LogP) is -1.79. The number of para-hydroxylation sites is 1. The van der Waals surface area contributed by atoms with E-state index in [2.05, 4.69) is 63.3 Å². The van der Waals surface area contributed by atoms with Crippen LogP contribution in [-0.2, 0) is 25.0 Å². The molecule has 1 aliphatic rings. The van der Waals surface area contributed by atoms with Crippen molar-refractivity contribution in [3.63, 3.8) is 0 Å². The number of benzene rings is 1. The average Bonchev–Trinajstić information content (AvgIpc) is 2.78. The first-order valence-corrected chi connectivity index (χ1v) is 7.37. The molecular formula is C15H18Cl2OTi. The molecule has 0 bridgehead atoms. The van der Waals surface area contributed by atoms with Crippen molar-refractivity contribution in [2.75, 3.05) is 0 Å². The second-order valence-corrected chi connectivity index (χ2v) is 6.91. The van der Waals surface area contributed by atoms with Crippen molar-refractivity contribution in [3.8, 4) is 5.75 Å². The minimum atomic E-state index is -0.463. The number of rotatable bonds is 3. The summed E-state index contributed by atoms with van der Waals surface area (Å²) >= 11 is -0.463. The Hall–Kier alpha value is -0.206. The van der Waals surface area contributed by atoms with Crippen LogP contribution in [0.25, 0.3) is 0 Å². The first-order valence-electron chi connectivity index (χ1n) is 5.95. The molecule has 0 heterocycles. The summed E-state index contributed by atoms with van der Waals surface area (Å²) in [5.74, 6) is 1.06. The molecule has 0 saturated carbocycles. The molecule has 1 aliphatic carbocycles. The predicted molar refractivity (Wildman–Crippen MR) is 67.6 cm³/mol. The van der Waals surface area contributed by atoms with Crippen molar-refractivity contribution in [1.82, 2.24) is 0 Å². The van der Waals surface area contributed by atoms with Crippen LogP contribution in [0, 0.1) is 0 Å². The summed E-state index contributed by atoms with van der Waals surface area (Å²) in [4.78, 5) is 0. The van der Waals surface area contributed by atoms with Gasteiger partial charge in [0.1, 0.15) is 0 Å². The molecule has 0 saturated heterocycles. The summed E-state index contributed by atoms with van der Waals surface area (Å²) < 4.78 is 7.53. The molecule has 0 aliphatic heterocycles. The fourth-order valence-corrected chi connectivity index (χ4v) is 3.04. The number of allylic oxidation sites excluding steroid dienone is 4. The zero-order valence-corrected chi connectivity index (χ0v) is 14.5. The van der Waals surface area contributed by atoms with Crippen LogP contribution in [0.4, 0.5) is 0 Å². The van der Waals surface area contributed by atoms with Gasteiger partial charge in [-0.05, 0) is 0 Å². The van der Waals surface area contributed by atoms with Crippen molar-refractivity contribution in [1.29, 1.82) is 0 Å². The third kappa shape index (κ3) is 5.35. The molecule has 4 heteroatoms. The van der Waals surface area contributed by atoms with Crippen LogP contribution in [0.1, 0.15) is 32.8 Å². The third-order valence-electron chi connectivity index (χ3n) is 2.76. The minimum Gasteiger partial charge on any atom is -1.00 e. The van der Waals surface area contributed by atoms with Gasteiger partial charge in [-0.1, -0.05) is 0 Å². The van der Waals surface area contributed by atoms with Crippen LogP contribution in [0.5, 0.6) is 5.75 Å². The molecule has 0 radical (unpaired) electrons. The van der Waals surface area contributed by atoms with E-state index in [4.69, 9.17) is 3.32 Å². The summed E-state index contributed by atoms with van der Waals surface area (Å²) in [7, 11) is 0. The van der Waals surface area contributed by atoms with Crippen LogP contribution in [0.3, 0.4) is 0 Å². The topological polar surface area (TPSA) is 9.23 Å². The van der Waals surface area contributed by atoms with Gasteiger partial charge in [-0.25, -0.2) is 0 Å². The molecule has 1 aromatic carbocycles. The molecule has 0 aromatic heterocycles. The van der Waals surface area contributed by atoms with E-state index in [9.17, 15) is 0 Å². The molecular weight excluding hydrogens is 315 g/mol. The van der Waals surface area contributed by atoms with Crippen molar-refractivity contribution >= 4 is 0 Å². The first-order chi connectivity index (χ1) is 8.07. The van der Waals surface area contributed by atoms with E-state index in [1.807, 2.05) is 0 Å². The van der Waals surface area contributed by atoms with E-state index >= 15 is 0 Å². The van der Waals surface area contributed by atoms with Gasteiger partial charge in [0.15, 0.2) is 0 Å². The standard InChI is InChI=1S/C10H14O.C5H5.2ClH.Ti/c1-10(2,3)8-6-4-5-7-9(8)11;1-2-4-5-3-1;;;/h4-7,11H,1-3H3;1-3H,4H2;2*1H;/q;;;;+3/p-3. The Kier molecular flexibility index (Phi) is 8.08. The van der Waals surface area contributed by atoms with Gasteiger partial charge < -0.3 is 24.8 Å². The van der Waals surface area contributed by atoms with Crippen molar-refractivity contribution in [2.24, 2.45) is 0 Å². The summed E-state index contributed by atoms with van der Waals surface area (Å²) in [6.07, 6.45) is 7.59. The van der Waals surface area contributed by atoms with Crippen LogP contribution in [0.15, 0.2) is 46.4 Å². The second-order valence-electron chi connectivity index (χ2n) is 5.27. The van der Waals surface area contributed by atoms with Crippen LogP contribution in [-0.4, -0.2) is 0 Å². The molecule has 0 unspecified atom stereocenters. The summed E-state index contributed by atoms with van der Waals surface area (Å²) in [5.41, 5.74) is 1.45. The van der Waals surface area contributed by atoms with Crippen molar-refractivity contribution in [2.45, 2.75) is 32.6 Å². The van der Waals surface area contributed by atoms with Gasteiger partial charge in [-0.3, -0.25) is 0 Å². The molecule has 0 atom stereocenters. The first kappa shape index (κ1) is 18.8. The maximum atomic E-state index is 6.06. The molecule has 2 rings (SSSR count). The van der Waals surface area contributed by atoms with E-state index in [1.54, 1.807) is 0 Å². The Labute approximate surface area is 137 Å². The van der Waals surface area contributed by atoms with E-state index in [-0.39, 0.29) is 30.2 Å². The third-order valence-corrected chi connectivity index (χ3v) is 4.25. The van der Waals surface area contributed by atoms with Crippen LogP contribution >= 0.6 is 0 Å². The fraction of sp³-hybridized carbons (Fsp3) is 0.333. The Morgan fingerprint density at radius 3 is 2.37 bits per heavy atom. The Bertz CT molecular complexity index is 461. The number of hydrogen-bond acceptors (Lipinski definition) is 1. The normalized spacial score (nSPS) is 12.9. The smallest absolute Gasteiger partial charge is 1.00 e. The van der Waals surface area contributed by atoms with E-state index in [0.29, 0.717) is 0 Å². The number of hydrogen-bond donors (Lipinski definition) is 0. The molecule has 19 heavy (non-hydrogen) atoms. The maximum absolute atomic E-state index is 6.06. The SMILES string of the molecule is CC(C)(C)c1ccccc1[O][Ti+2][C]1=CC=CC1.[Cl-].[Cl-]. The van der Waals surface area contributed by atoms with Gasteiger partial charge in [0.2, 0.25) is 0 Å². The van der Waals surface area contributed by atoms with Crippen molar-refractivity contribution in [3.05, 3.63) is 51.9 Å². The van der Waals surface area contributed by atoms with Gasteiger partial charge in [0, 0.05) is 0 Å². The molecule has 0 N–H and O–H groups in total. The zero-order valence-electron chi connectivity index (χ0n) is 11.4. The molecule has 0 amide bonds. The summed E-state index contributed by atoms with van der Waals surface area (Å²) in [5, 5.41) is 0.